The van der Waals surface area contributed by atoms with Crippen molar-refractivity contribution in [1.29, 1.82) is 0 Å². The predicted octanol–water partition coefficient (Wildman–Crippen LogP) is 3.45. The molecule has 0 heterocycles. The summed E-state index contributed by atoms with van der Waals surface area (Å²) >= 11 is 4.96. The van der Waals surface area contributed by atoms with Gasteiger partial charge in [-0.2, -0.15) is 11.8 Å². The van der Waals surface area contributed by atoms with Gasteiger partial charge in [-0.3, -0.25) is 0 Å². The van der Waals surface area contributed by atoms with Gasteiger partial charge in [-0.05, 0) is 35.4 Å². The number of aliphatic hydroxyl groups is 1. The highest BCUT2D eigenvalue weighted by Crippen LogP contribution is 2.21. The fraction of sp³-hybridized carbons (Fsp3) is 0.455. The van der Waals surface area contributed by atoms with Gasteiger partial charge in [0.2, 0.25) is 0 Å². The Kier molecular flexibility index (Phi) is 5.64. The zero-order valence-corrected chi connectivity index (χ0v) is 10.9. The summed E-state index contributed by atoms with van der Waals surface area (Å²) in [6, 6.07) is 4.96. The SMILES string of the molecule is CC(CO)CSCc1cc(Br)ccc1F. The summed E-state index contributed by atoms with van der Waals surface area (Å²) in [6.45, 7) is 2.16. The van der Waals surface area contributed by atoms with E-state index >= 15 is 0 Å². The van der Waals surface area contributed by atoms with Crippen LogP contribution >= 0.6 is 27.7 Å². The van der Waals surface area contributed by atoms with Crippen LogP contribution in [-0.4, -0.2) is 17.5 Å². The van der Waals surface area contributed by atoms with Crippen LogP contribution in [0.5, 0.6) is 0 Å². The van der Waals surface area contributed by atoms with Crippen LogP contribution in [-0.2, 0) is 5.75 Å². The number of thioether (sulfide) groups is 1. The van der Waals surface area contributed by atoms with E-state index < -0.39 is 0 Å². The first kappa shape index (κ1) is 13.0. The van der Waals surface area contributed by atoms with E-state index in [4.69, 9.17) is 5.11 Å². The molecule has 0 spiro atoms. The molecule has 1 rings (SSSR count). The summed E-state index contributed by atoms with van der Waals surface area (Å²) in [6.07, 6.45) is 0. The number of hydrogen-bond donors (Lipinski definition) is 1. The van der Waals surface area contributed by atoms with E-state index in [-0.39, 0.29) is 18.3 Å². The Morgan fingerprint density at radius 1 is 1.53 bits per heavy atom. The van der Waals surface area contributed by atoms with Gasteiger partial charge in [-0.25, -0.2) is 4.39 Å². The molecule has 0 aromatic heterocycles. The van der Waals surface area contributed by atoms with Crippen LogP contribution in [0.3, 0.4) is 0 Å². The number of aliphatic hydroxyl groups excluding tert-OH is 1. The highest BCUT2D eigenvalue weighted by atomic mass is 79.9. The van der Waals surface area contributed by atoms with Gasteiger partial charge in [-0.1, -0.05) is 22.9 Å². The monoisotopic (exact) mass is 292 g/mol. The van der Waals surface area contributed by atoms with Gasteiger partial charge in [-0.15, -0.1) is 0 Å². The molecule has 0 amide bonds. The summed E-state index contributed by atoms with van der Waals surface area (Å²) in [7, 11) is 0. The molecular weight excluding hydrogens is 279 g/mol. The Bertz CT molecular complexity index is 319. The van der Waals surface area contributed by atoms with E-state index in [1.54, 1.807) is 23.9 Å². The van der Waals surface area contributed by atoms with Gasteiger partial charge in [0, 0.05) is 16.8 Å². The van der Waals surface area contributed by atoms with Crippen LogP contribution in [0, 0.1) is 11.7 Å². The summed E-state index contributed by atoms with van der Waals surface area (Å²) in [5.41, 5.74) is 0.708. The average Bonchev–Trinajstić information content (AvgIpc) is 2.23. The van der Waals surface area contributed by atoms with E-state index in [0.717, 1.165) is 10.2 Å². The second kappa shape index (κ2) is 6.51. The minimum absolute atomic E-state index is 0.164. The first-order chi connectivity index (χ1) is 7.13. The number of benzene rings is 1. The third-order valence-corrected chi connectivity index (χ3v) is 3.79. The number of rotatable bonds is 5. The quantitative estimate of drug-likeness (QED) is 0.897. The van der Waals surface area contributed by atoms with Crippen molar-refractivity contribution in [2.45, 2.75) is 12.7 Å². The third-order valence-electron chi connectivity index (χ3n) is 1.98. The van der Waals surface area contributed by atoms with Gasteiger partial charge in [0.15, 0.2) is 0 Å². The molecule has 0 bridgehead atoms. The predicted molar refractivity (Wildman–Crippen MR) is 66.5 cm³/mol. The van der Waals surface area contributed by atoms with Gasteiger partial charge >= 0.3 is 0 Å². The molecule has 0 aliphatic heterocycles. The van der Waals surface area contributed by atoms with Crippen LogP contribution < -0.4 is 0 Å². The largest absolute Gasteiger partial charge is 0.396 e. The highest BCUT2D eigenvalue weighted by Gasteiger charge is 2.05. The molecule has 15 heavy (non-hydrogen) atoms. The van der Waals surface area contributed by atoms with Crippen molar-refractivity contribution in [1.82, 2.24) is 0 Å². The lowest BCUT2D eigenvalue weighted by atomic mass is 10.2. The van der Waals surface area contributed by atoms with E-state index in [1.165, 1.54) is 6.07 Å². The van der Waals surface area contributed by atoms with Gasteiger partial charge in [0.1, 0.15) is 5.82 Å². The summed E-state index contributed by atoms with van der Waals surface area (Å²) in [5.74, 6) is 1.60. The first-order valence-corrected chi connectivity index (χ1v) is 6.70. The fourth-order valence-electron chi connectivity index (χ4n) is 1.08. The van der Waals surface area contributed by atoms with Crippen LogP contribution in [0.2, 0.25) is 0 Å². The molecule has 1 aromatic rings. The molecule has 1 atom stereocenters. The van der Waals surface area contributed by atoms with Crippen molar-refractivity contribution in [2.75, 3.05) is 12.4 Å². The summed E-state index contributed by atoms with van der Waals surface area (Å²) in [4.78, 5) is 0. The molecule has 0 saturated carbocycles. The van der Waals surface area contributed by atoms with Crippen LogP contribution in [0.25, 0.3) is 0 Å². The first-order valence-electron chi connectivity index (χ1n) is 4.76. The molecule has 1 nitrogen and oxygen atoms in total. The maximum atomic E-state index is 13.3. The number of halogens is 2. The molecule has 1 unspecified atom stereocenters. The Hall–Kier alpha value is -0.0600. The normalized spacial score (nSPS) is 12.8. The molecule has 1 N–H and O–H groups in total. The lowest BCUT2D eigenvalue weighted by molar-refractivity contribution is 0.250. The van der Waals surface area contributed by atoms with E-state index in [0.29, 0.717) is 11.3 Å². The Labute approximate surface area is 102 Å². The molecule has 84 valence electrons. The highest BCUT2D eigenvalue weighted by molar-refractivity contribution is 9.10. The van der Waals surface area contributed by atoms with Gasteiger partial charge < -0.3 is 5.11 Å². The Balaban J connectivity index is 2.46. The summed E-state index contributed by atoms with van der Waals surface area (Å²) < 4.78 is 14.2. The standard InChI is InChI=1S/C11H14BrFOS/c1-8(5-14)6-15-7-9-4-10(12)2-3-11(9)13/h2-4,8,14H,5-7H2,1H3. The van der Waals surface area contributed by atoms with Crippen molar-refractivity contribution in [3.8, 4) is 0 Å². The van der Waals surface area contributed by atoms with Crippen molar-refractivity contribution in [3.05, 3.63) is 34.1 Å². The molecule has 0 radical (unpaired) electrons. The van der Waals surface area contributed by atoms with E-state index in [1.807, 2.05) is 6.92 Å². The molecule has 0 aliphatic rings. The molecular formula is C11H14BrFOS. The Morgan fingerprint density at radius 2 is 2.27 bits per heavy atom. The number of hydrogen-bond acceptors (Lipinski definition) is 2. The van der Waals surface area contributed by atoms with E-state index in [9.17, 15) is 4.39 Å². The maximum Gasteiger partial charge on any atom is 0.127 e. The zero-order chi connectivity index (χ0) is 11.3. The van der Waals surface area contributed by atoms with Crippen molar-refractivity contribution < 1.29 is 9.50 Å². The minimum Gasteiger partial charge on any atom is -0.396 e. The van der Waals surface area contributed by atoms with Gasteiger partial charge in [0.25, 0.3) is 0 Å². The molecule has 0 aliphatic carbocycles. The zero-order valence-electron chi connectivity index (χ0n) is 8.54. The molecule has 0 fully saturated rings. The van der Waals surface area contributed by atoms with Gasteiger partial charge in [0.05, 0.1) is 0 Å². The van der Waals surface area contributed by atoms with E-state index in [2.05, 4.69) is 15.9 Å². The summed E-state index contributed by atoms with van der Waals surface area (Å²) in [5, 5.41) is 8.84. The Morgan fingerprint density at radius 3 is 2.93 bits per heavy atom. The lowest BCUT2D eigenvalue weighted by Gasteiger charge is -2.07. The molecule has 0 saturated heterocycles. The second-order valence-electron chi connectivity index (χ2n) is 3.54. The topological polar surface area (TPSA) is 20.2 Å². The molecule has 1 aromatic carbocycles. The van der Waals surface area contributed by atoms with Crippen LogP contribution in [0.4, 0.5) is 4.39 Å². The fourth-order valence-corrected chi connectivity index (χ4v) is 2.55. The van der Waals surface area contributed by atoms with Crippen molar-refractivity contribution >= 4 is 27.7 Å². The smallest absolute Gasteiger partial charge is 0.127 e. The van der Waals surface area contributed by atoms with Crippen LogP contribution in [0.15, 0.2) is 22.7 Å². The van der Waals surface area contributed by atoms with Crippen molar-refractivity contribution in [2.24, 2.45) is 5.92 Å². The van der Waals surface area contributed by atoms with Crippen LogP contribution in [0.1, 0.15) is 12.5 Å². The average molecular weight is 293 g/mol. The molecule has 4 heteroatoms. The third kappa shape index (κ3) is 4.53. The maximum absolute atomic E-state index is 13.3. The minimum atomic E-state index is -0.164. The van der Waals surface area contributed by atoms with Crippen molar-refractivity contribution in [3.63, 3.8) is 0 Å². The lowest BCUT2D eigenvalue weighted by Crippen LogP contribution is -2.03. The second-order valence-corrected chi connectivity index (χ2v) is 5.48.